The molecule has 4 heteroatoms. The van der Waals surface area contributed by atoms with E-state index in [4.69, 9.17) is 0 Å². The van der Waals surface area contributed by atoms with Crippen LogP contribution < -0.4 is 5.32 Å². The lowest BCUT2D eigenvalue weighted by Crippen LogP contribution is -2.61. The number of carbonyl (C=O) groups is 2. The van der Waals surface area contributed by atoms with Crippen molar-refractivity contribution in [2.75, 3.05) is 13.1 Å². The minimum Gasteiger partial charge on any atom is -0.314 e. The van der Waals surface area contributed by atoms with Crippen molar-refractivity contribution >= 4 is 11.8 Å². The van der Waals surface area contributed by atoms with Gasteiger partial charge in [-0.15, -0.1) is 0 Å². The highest BCUT2D eigenvalue weighted by molar-refractivity contribution is 6.00. The lowest BCUT2D eigenvalue weighted by atomic mass is 9.57. The first-order valence-corrected chi connectivity index (χ1v) is 10.3. The molecule has 3 aliphatic rings. The van der Waals surface area contributed by atoms with Crippen LogP contribution in [0, 0.1) is 23.7 Å². The lowest BCUT2D eigenvalue weighted by Gasteiger charge is -2.53. The Balaban J connectivity index is 1.75. The largest absolute Gasteiger partial charge is 0.314 e. The predicted molar refractivity (Wildman–Crippen MR) is 95.4 cm³/mol. The highest BCUT2D eigenvalue weighted by Crippen LogP contribution is 2.50. The van der Waals surface area contributed by atoms with Crippen LogP contribution in [0.1, 0.15) is 71.6 Å². The fourth-order valence-corrected chi connectivity index (χ4v) is 5.41. The van der Waals surface area contributed by atoms with Gasteiger partial charge in [-0.1, -0.05) is 33.1 Å². The molecule has 2 aliphatic carbocycles. The zero-order valence-electron chi connectivity index (χ0n) is 15.4. The minimum atomic E-state index is 0.110. The number of piperidine rings is 1. The van der Waals surface area contributed by atoms with E-state index in [0.717, 1.165) is 45.1 Å². The first-order chi connectivity index (χ1) is 11.7. The molecule has 0 aromatic heterocycles. The Bertz CT molecular complexity index is 447. The highest BCUT2D eigenvalue weighted by Gasteiger charge is 2.55. The summed E-state index contributed by atoms with van der Waals surface area (Å²) in [5, 5.41) is 3.75. The van der Waals surface area contributed by atoms with Crippen LogP contribution >= 0.6 is 0 Å². The highest BCUT2D eigenvalue weighted by atomic mass is 16.2. The topological polar surface area (TPSA) is 49.4 Å². The van der Waals surface area contributed by atoms with Crippen molar-refractivity contribution in [3.8, 4) is 0 Å². The predicted octanol–water partition coefficient (Wildman–Crippen LogP) is 3.36. The molecule has 3 rings (SSSR count). The maximum atomic E-state index is 13.0. The molecule has 5 atom stereocenters. The first kappa shape index (κ1) is 17.9. The Labute approximate surface area is 146 Å². The van der Waals surface area contributed by atoms with Crippen LogP contribution in [0.3, 0.4) is 0 Å². The number of hydrogen-bond donors (Lipinski definition) is 1. The van der Waals surface area contributed by atoms with E-state index in [1.807, 2.05) is 0 Å². The molecule has 0 bridgehead atoms. The first-order valence-electron chi connectivity index (χ1n) is 10.3. The number of nitrogens with one attached hydrogen (secondary N) is 1. The molecule has 2 saturated carbocycles. The number of imide groups is 1. The molecule has 4 nitrogen and oxygen atoms in total. The fourth-order valence-electron chi connectivity index (χ4n) is 5.41. The second-order valence-corrected chi connectivity index (χ2v) is 8.06. The van der Waals surface area contributed by atoms with Gasteiger partial charge in [0.15, 0.2) is 0 Å². The molecule has 0 radical (unpaired) electrons. The Hall–Kier alpha value is -0.900. The summed E-state index contributed by atoms with van der Waals surface area (Å²) in [6, 6.07) is 0.517. The summed E-state index contributed by atoms with van der Waals surface area (Å²) in [7, 11) is 0. The van der Waals surface area contributed by atoms with Crippen molar-refractivity contribution in [2.24, 2.45) is 23.7 Å². The maximum absolute atomic E-state index is 13.0. The standard InChI is InChI=1S/C20H34N2O2/c1-3-5-12-21-17-11-10-16-18-14(17)8-7-9-15(18)19(23)22(20(16)24)13-6-4-2/h14-18,21H,3-13H2,1-2H3. The number of hydrogen-bond acceptors (Lipinski definition) is 3. The van der Waals surface area contributed by atoms with Gasteiger partial charge < -0.3 is 5.32 Å². The van der Waals surface area contributed by atoms with E-state index in [0.29, 0.717) is 24.4 Å². The number of likely N-dealkylation sites (tertiary alicyclic amines) is 1. The number of amides is 2. The Morgan fingerprint density at radius 1 is 0.958 bits per heavy atom. The van der Waals surface area contributed by atoms with Crippen LogP contribution in [0.15, 0.2) is 0 Å². The minimum absolute atomic E-state index is 0.110. The number of rotatable bonds is 7. The molecule has 3 fully saturated rings. The molecule has 1 saturated heterocycles. The molecule has 1 aliphatic heterocycles. The number of nitrogens with zero attached hydrogens (tertiary/aromatic N) is 1. The quantitative estimate of drug-likeness (QED) is 0.574. The van der Waals surface area contributed by atoms with Gasteiger partial charge in [-0.3, -0.25) is 14.5 Å². The zero-order valence-corrected chi connectivity index (χ0v) is 15.4. The molecular formula is C20H34N2O2. The van der Waals surface area contributed by atoms with Crippen molar-refractivity contribution in [1.82, 2.24) is 10.2 Å². The van der Waals surface area contributed by atoms with Crippen molar-refractivity contribution < 1.29 is 9.59 Å². The fraction of sp³-hybridized carbons (Fsp3) is 0.900. The molecule has 24 heavy (non-hydrogen) atoms. The van der Waals surface area contributed by atoms with Gasteiger partial charge in [-0.25, -0.2) is 0 Å². The van der Waals surface area contributed by atoms with Crippen LogP contribution in [0.4, 0.5) is 0 Å². The van der Waals surface area contributed by atoms with Crippen LogP contribution in [-0.4, -0.2) is 35.8 Å². The average Bonchev–Trinajstić information content (AvgIpc) is 2.60. The van der Waals surface area contributed by atoms with Crippen molar-refractivity contribution in [3.63, 3.8) is 0 Å². The van der Waals surface area contributed by atoms with E-state index in [-0.39, 0.29) is 23.7 Å². The average molecular weight is 335 g/mol. The van der Waals surface area contributed by atoms with Crippen LogP contribution in [0.5, 0.6) is 0 Å². The van der Waals surface area contributed by atoms with Crippen molar-refractivity contribution in [1.29, 1.82) is 0 Å². The third-order valence-corrected chi connectivity index (χ3v) is 6.62. The van der Waals surface area contributed by atoms with E-state index in [2.05, 4.69) is 19.2 Å². The van der Waals surface area contributed by atoms with Gasteiger partial charge in [0.25, 0.3) is 0 Å². The summed E-state index contributed by atoms with van der Waals surface area (Å²) in [6.45, 7) is 6.05. The maximum Gasteiger partial charge on any atom is 0.232 e. The second kappa shape index (κ2) is 7.99. The van der Waals surface area contributed by atoms with Crippen LogP contribution in [-0.2, 0) is 9.59 Å². The van der Waals surface area contributed by atoms with Crippen LogP contribution in [0.2, 0.25) is 0 Å². The number of carbonyl (C=O) groups excluding carboxylic acids is 2. The van der Waals surface area contributed by atoms with E-state index in [1.54, 1.807) is 4.90 Å². The third-order valence-electron chi connectivity index (χ3n) is 6.62. The normalized spacial score (nSPS) is 35.9. The SMILES string of the molecule is CCCCNC1CCC2C(=O)N(CCCC)C(=O)C3CCCC1C32. The van der Waals surface area contributed by atoms with Gasteiger partial charge in [-0.05, 0) is 56.9 Å². The molecule has 0 aromatic rings. The molecule has 136 valence electrons. The van der Waals surface area contributed by atoms with Gasteiger partial charge >= 0.3 is 0 Å². The third kappa shape index (κ3) is 3.26. The summed E-state index contributed by atoms with van der Waals surface area (Å²) in [6.07, 6.45) is 9.79. The van der Waals surface area contributed by atoms with Crippen molar-refractivity contribution in [2.45, 2.75) is 77.7 Å². The Morgan fingerprint density at radius 3 is 2.38 bits per heavy atom. The van der Waals surface area contributed by atoms with Crippen molar-refractivity contribution in [3.05, 3.63) is 0 Å². The van der Waals surface area contributed by atoms with E-state index in [1.165, 1.54) is 19.3 Å². The molecule has 1 heterocycles. The molecule has 2 amide bonds. The molecule has 0 spiro atoms. The van der Waals surface area contributed by atoms with Gasteiger partial charge in [0.05, 0.1) is 0 Å². The monoisotopic (exact) mass is 334 g/mol. The van der Waals surface area contributed by atoms with Gasteiger partial charge in [0.1, 0.15) is 0 Å². The number of unbranched alkanes of at least 4 members (excludes halogenated alkanes) is 2. The second-order valence-electron chi connectivity index (χ2n) is 8.06. The Kier molecular flexibility index (Phi) is 5.96. The molecule has 0 aromatic carbocycles. The Morgan fingerprint density at radius 2 is 1.67 bits per heavy atom. The summed E-state index contributed by atoms with van der Waals surface area (Å²) in [5.41, 5.74) is 0. The summed E-state index contributed by atoms with van der Waals surface area (Å²) in [5.74, 6) is 1.35. The molecular weight excluding hydrogens is 300 g/mol. The van der Waals surface area contributed by atoms with E-state index >= 15 is 0 Å². The van der Waals surface area contributed by atoms with Gasteiger partial charge in [0, 0.05) is 24.4 Å². The smallest absolute Gasteiger partial charge is 0.232 e. The van der Waals surface area contributed by atoms with E-state index in [9.17, 15) is 9.59 Å². The summed E-state index contributed by atoms with van der Waals surface area (Å²) < 4.78 is 0. The molecule has 5 unspecified atom stereocenters. The van der Waals surface area contributed by atoms with Crippen LogP contribution in [0.25, 0.3) is 0 Å². The summed E-state index contributed by atoms with van der Waals surface area (Å²) in [4.78, 5) is 27.5. The molecule has 1 N–H and O–H groups in total. The lowest BCUT2D eigenvalue weighted by molar-refractivity contribution is -0.167. The van der Waals surface area contributed by atoms with Gasteiger partial charge in [0.2, 0.25) is 11.8 Å². The van der Waals surface area contributed by atoms with E-state index < -0.39 is 0 Å². The zero-order chi connectivity index (χ0) is 17.1. The van der Waals surface area contributed by atoms with Gasteiger partial charge in [-0.2, -0.15) is 0 Å². The summed E-state index contributed by atoms with van der Waals surface area (Å²) >= 11 is 0.